The van der Waals surface area contributed by atoms with Crippen molar-refractivity contribution in [3.8, 4) is 5.75 Å². The lowest BCUT2D eigenvalue weighted by molar-refractivity contribution is 0.0991. The van der Waals surface area contributed by atoms with E-state index in [4.69, 9.17) is 16.3 Å². The van der Waals surface area contributed by atoms with Crippen LogP contribution in [0, 0.1) is 17.6 Å². The number of hydrogen-bond donors (Lipinski definition) is 1. The molecule has 1 aliphatic heterocycles. The molecule has 1 fully saturated rings. The Hall–Kier alpha value is -2.05. The smallest absolute Gasteiger partial charge is 0.168 e. The van der Waals surface area contributed by atoms with Crippen molar-refractivity contribution in [2.45, 2.75) is 19.4 Å². The lowest BCUT2D eigenvalue weighted by Gasteiger charge is -2.26. The molecule has 1 aromatic heterocycles. The number of carbonyl (C=O) groups is 1. The summed E-state index contributed by atoms with van der Waals surface area (Å²) in [5, 5.41) is 3.66. The van der Waals surface area contributed by atoms with Crippen LogP contribution in [0.2, 0.25) is 5.02 Å². The number of hydrogen-bond acceptors (Lipinski definition) is 4. The molecule has 0 amide bonds. The summed E-state index contributed by atoms with van der Waals surface area (Å²) < 4.78 is 33.8. The zero-order chi connectivity index (χ0) is 18.0. The molecule has 7 heteroatoms. The second-order valence-corrected chi connectivity index (χ2v) is 6.48. The van der Waals surface area contributed by atoms with Gasteiger partial charge in [0.25, 0.3) is 0 Å². The minimum atomic E-state index is -0.906. The Morgan fingerprint density at radius 1 is 1.36 bits per heavy atom. The lowest BCUT2D eigenvalue weighted by atomic mass is 9.95. The fourth-order valence-electron chi connectivity index (χ4n) is 3.02. The molecule has 0 radical (unpaired) electrons. The summed E-state index contributed by atoms with van der Waals surface area (Å²) in [5.74, 6) is -2.40. The lowest BCUT2D eigenvalue weighted by Crippen LogP contribution is -2.23. The van der Waals surface area contributed by atoms with Crippen LogP contribution in [-0.2, 0) is 0 Å². The summed E-state index contributed by atoms with van der Waals surface area (Å²) in [5.41, 5.74) is 0.558. The Balaban J connectivity index is 2.03. The number of halogens is 3. The van der Waals surface area contributed by atoms with Gasteiger partial charge in [0.1, 0.15) is 11.9 Å². The van der Waals surface area contributed by atoms with Gasteiger partial charge in [-0.05, 0) is 32.0 Å². The monoisotopic (exact) mass is 366 g/mol. The van der Waals surface area contributed by atoms with E-state index in [1.54, 1.807) is 12.3 Å². The van der Waals surface area contributed by atoms with Crippen molar-refractivity contribution in [2.75, 3.05) is 13.1 Å². The maximum absolute atomic E-state index is 14.3. The quantitative estimate of drug-likeness (QED) is 0.814. The maximum atomic E-state index is 14.3. The zero-order valence-electron chi connectivity index (χ0n) is 13.6. The van der Waals surface area contributed by atoms with Crippen LogP contribution in [0.3, 0.4) is 0 Å². The normalized spacial score (nSPS) is 18.2. The Labute approximate surface area is 149 Å². The predicted molar refractivity (Wildman–Crippen MR) is 90.0 cm³/mol. The van der Waals surface area contributed by atoms with E-state index in [-0.39, 0.29) is 17.2 Å². The van der Waals surface area contributed by atoms with Crippen LogP contribution in [-0.4, -0.2) is 23.9 Å². The van der Waals surface area contributed by atoms with Gasteiger partial charge >= 0.3 is 0 Å². The molecule has 25 heavy (non-hydrogen) atoms. The number of carbonyl (C=O) groups excluding carboxylic acids is 1. The molecule has 0 bridgehead atoms. The van der Waals surface area contributed by atoms with Crippen molar-refractivity contribution >= 4 is 17.4 Å². The van der Waals surface area contributed by atoms with Crippen LogP contribution in [0.15, 0.2) is 30.6 Å². The SMILES string of the molecule is CC(=O)c1cc(F)cc(F)c1O[C@@H](c1cncc(Cl)c1)[C@H]1CCNC1. The Morgan fingerprint density at radius 3 is 2.80 bits per heavy atom. The molecular formula is C18H17ClF2N2O2. The molecule has 1 aromatic carbocycles. The van der Waals surface area contributed by atoms with Crippen molar-refractivity contribution in [2.24, 2.45) is 5.92 Å². The number of rotatable bonds is 5. The molecule has 1 aliphatic rings. The third-order valence-electron chi connectivity index (χ3n) is 4.21. The Morgan fingerprint density at radius 2 is 2.16 bits per heavy atom. The van der Waals surface area contributed by atoms with Crippen LogP contribution >= 0.6 is 11.6 Å². The van der Waals surface area contributed by atoms with E-state index >= 15 is 0 Å². The van der Waals surface area contributed by atoms with Crippen molar-refractivity contribution < 1.29 is 18.3 Å². The largest absolute Gasteiger partial charge is 0.481 e. The van der Waals surface area contributed by atoms with Crippen LogP contribution in [0.4, 0.5) is 8.78 Å². The van der Waals surface area contributed by atoms with Crippen molar-refractivity contribution in [1.82, 2.24) is 10.3 Å². The molecule has 0 unspecified atom stereocenters. The number of nitrogens with one attached hydrogen (secondary N) is 1. The van der Waals surface area contributed by atoms with Gasteiger partial charge in [0.2, 0.25) is 0 Å². The number of benzene rings is 1. The molecule has 0 saturated carbocycles. The van der Waals surface area contributed by atoms with Crippen LogP contribution in [0.5, 0.6) is 5.75 Å². The summed E-state index contributed by atoms with van der Waals surface area (Å²) >= 11 is 6.02. The standard InChI is InChI=1S/C18H17ClF2N2O2/c1-10(24)15-5-14(20)6-16(21)18(15)25-17(11-2-3-22-7-11)12-4-13(19)9-23-8-12/h4-6,8-9,11,17,22H,2-3,7H2,1H3/t11-,17+/m0/s1. The summed E-state index contributed by atoms with van der Waals surface area (Å²) in [7, 11) is 0. The van der Waals surface area contributed by atoms with Gasteiger partial charge in [0.05, 0.1) is 10.6 Å². The van der Waals surface area contributed by atoms with E-state index in [1.807, 2.05) is 0 Å². The van der Waals surface area contributed by atoms with E-state index in [0.717, 1.165) is 19.0 Å². The maximum Gasteiger partial charge on any atom is 0.168 e. The number of ketones is 1. The number of ether oxygens (including phenoxy) is 1. The number of Topliss-reactive ketones (excluding diaryl/α,β-unsaturated/α-hetero) is 1. The third-order valence-corrected chi connectivity index (χ3v) is 4.42. The highest BCUT2D eigenvalue weighted by Crippen LogP contribution is 2.36. The summed E-state index contributed by atoms with van der Waals surface area (Å²) in [6.07, 6.45) is 3.35. The van der Waals surface area contributed by atoms with Gasteiger partial charge in [-0.15, -0.1) is 0 Å². The Bertz CT molecular complexity index is 795. The van der Waals surface area contributed by atoms with Gasteiger partial charge < -0.3 is 10.1 Å². The average molecular weight is 367 g/mol. The van der Waals surface area contributed by atoms with E-state index in [2.05, 4.69) is 10.3 Å². The highest BCUT2D eigenvalue weighted by molar-refractivity contribution is 6.30. The van der Waals surface area contributed by atoms with E-state index in [1.165, 1.54) is 13.1 Å². The first-order valence-electron chi connectivity index (χ1n) is 7.93. The van der Waals surface area contributed by atoms with Gasteiger partial charge in [-0.2, -0.15) is 0 Å². The van der Waals surface area contributed by atoms with Crippen LogP contribution in [0.1, 0.15) is 35.4 Å². The molecule has 0 spiro atoms. The molecule has 2 aromatic rings. The number of nitrogens with zero attached hydrogens (tertiary/aromatic N) is 1. The minimum Gasteiger partial charge on any atom is -0.481 e. The molecule has 2 atom stereocenters. The highest BCUT2D eigenvalue weighted by atomic mass is 35.5. The van der Waals surface area contributed by atoms with E-state index in [0.29, 0.717) is 23.2 Å². The first kappa shape index (κ1) is 17.8. The van der Waals surface area contributed by atoms with E-state index in [9.17, 15) is 13.6 Å². The third kappa shape index (κ3) is 3.96. The predicted octanol–water partition coefficient (Wildman–Crippen LogP) is 3.95. The number of aromatic nitrogens is 1. The Kier molecular flexibility index (Phi) is 5.30. The fraction of sp³-hybridized carbons (Fsp3) is 0.333. The van der Waals surface area contributed by atoms with Crippen LogP contribution in [0.25, 0.3) is 0 Å². The second-order valence-electron chi connectivity index (χ2n) is 6.05. The van der Waals surface area contributed by atoms with Gasteiger partial charge in [0, 0.05) is 36.5 Å². The first-order valence-corrected chi connectivity index (χ1v) is 8.31. The van der Waals surface area contributed by atoms with Crippen molar-refractivity contribution in [3.63, 3.8) is 0 Å². The summed E-state index contributed by atoms with van der Waals surface area (Å²) in [4.78, 5) is 15.9. The van der Waals surface area contributed by atoms with Crippen molar-refractivity contribution in [1.29, 1.82) is 0 Å². The van der Waals surface area contributed by atoms with Gasteiger partial charge in [-0.25, -0.2) is 8.78 Å². The molecular weight excluding hydrogens is 350 g/mol. The van der Waals surface area contributed by atoms with Gasteiger partial charge in [0.15, 0.2) is 17.3 Å². The molecule has 132 valence electrons. The zero-order valence-corrected chi connectivity index (χ0v) is 14.3. The number of pyridine rings is 1. The fourth-order valence-corrected chi connectivity index (χ4v) is 3.21. The molecule has 4 nitrogen and oxygen atoms in total. The molecule has 2 heterocycles. The van der Waals surface area contributed by atoms with Gasteiger partial charge in [-0.3, -0.25) is 9.78 Å². The topological polar surface area (TPSA) is 51.2 Å². The van der Waals surface area contributed by atoms with E-state index < -0.39 is 23.5 Å². The van der Waals surface area contributed by atoms with Gasteiger partial charge in [-0.1, -0.05) is 11.6 Å². The summed E-state index contributed by atoms with van der Waals surface area (Å²) in [6.45, 7) is 2.73. The second kappa shape index (κ2) is 7.45. The van der Waals surface area contributed by atoms with Crippen molar-refractivity contribution in [3.05, 3.63) is 58.4 Å². The minimum absolute atomic E-state index is 0.0459. The summed E-state index contributed by atoms with van der Waals surface area (Å²) in [6, 6.07) is 3.40. The first-order chi connectivity index (χ1) is 12.0. The molecule has 3 rings (SSSR count). The van der Waals surface area contributed by atoms with Crippen LogP contribution < -0.4 is 10.1 Å². The average Bonchev–Trinajstić information content (AvgIpc) is 3.07. The highest BCUT2D eigenvalue weighted by Gasteiger charge is 2.30. The molecule has 1 saturated heterocycles. The molecule has 1 N–H and O–H groups in total. The molecule has 0 aliphatic carbocycles.